The first-order chi connectivity index (χ1) is 9.83. The largest absolute Gasteiger partial charge is 0.317 e. The molecular formula is C15H21N5. The Bertz CT molecular complexity index is 566. The molecule has 0 unspecified atom stereocenters. The highest BCUT2D eigenvalue weighted by molar-refractivity contribution is 5.29. The third-order valence-corrected chi connectivity index (χ3v) is 4.85. The number of fused-ring (bicyclic) bond motifs is 1. The first kappa shape index (κ1) is 12.3. The smallest absolute Gasteiger partial charge is 0.233 e. The Morgan fingerprint density at radius 1 is 1.25 bits per heavy atom. The van der Waals surface area contributed by atoms with Crippen molar-refractivity contribution in [3.63, 3.8) is 0 Å². The average molecular weight is 271 g/mol. The van der Waals surface area contributed by atoms with Crippen LogP contribution in [0.5, 0.6) is 0 Å². The summed E-state index contributed by atoms with van der Waals surface area (Å²) in [4.78, 5) is 11.5. The number of aromatic nitrogens is 3. The molecule has 0 radical (unpaired) electrons. The lowest BCUT2D eigenvalue weighted by Crippen LogP contribution is -2.38. The zero-order valence-electron chi connectivity index (χ0n) is 11.8. The summed E-state index contributed by atoms with van der Waals surface area (Å²) < 4.78 is 2.01. The molecule has 0 amide bonds. The van der Waals surface area contributed by atoms with E-state index in [4.69, 9.17) is 0 Å². The van der Waals surface area contributed by atoms with E-state index in [0.29, 0.717) is 5.41 Å². The second kappa shape index (κ2) is 4.82. The highest BCUT2D eigenvalue weighted by atomic mass is 15.2. The van der Waals surface area contributed by atoms with Gasteiger partial charge in [-0.25, -0.2) is 9.97 Å². The number of nitrogens with one attached hydrogen (secondary N) is 1. The van der Waals surface area contributed by atoms with Crippen LogP contribution in [0.3, 0.4) is 0 Å². The first-order valence-corrected chi connectivity index (χ1v) is 7.55. The molecular weight excluding hydrogens is 250 g/mol. The second-order valence-electron chi connectivity index (χ2n) is 6.27. The topological polar surface area (TPSA) is 45.5 Å². The predicted octanol–water partition coefficient (Wildman–Crippen LogP) is 1.30. The van der Waals surface area contributed by atoms with Crippen LogP contribution in [0.15, 0.2) is 24.7 Å². The van der Waals surface area contributed by atoms with E-state index >= 15 is 0 Å². The van der Waals surface area contributed by atoms with Crippen molar-refractivity contribution in [1.29, 1.82) is 0 Å². The molecule has 4 rings (SSSR count). The summed E-state index contributed by atoms with van der Waals surface area (Å²) in [6.45, 7) is 5.77. The number of hydrogen-bond acceptors (Lipinski definition) is 4. The molecule has 2 aromatic heterocycles. The van der Waals surface area contributed by atoms with Gasteiger partial charge in [0, 0.05) is 31.7 Å². The lowest BCUT2D eigenvalue weighted by Gasteiger charge is -2.33. The van der Waals surface area contributed by atoms with Gasteiger partial charge in [-0.3, -0.25) is 9.30 Å². The van der Waals surface area contributed by atoms with E-state index in [-0.39, 0.29) is 0 Å². The van der Waals surface area contributed by atoms with Crippen molar-refractivity contribution < 1.29 is 0 Å². The summed E-state index contributed by atoms with van der Waals surface area (Å²) in [5, 5.41) is 3.48. The maximum atomic E-state index is 4.61. The molecule has 0 aliphatic carbocycles. The van der Waals surface area contributed by atoms with Crippen LogP contribution in [0.2, 0.25) is 0 Å². The van der Waals surface area contributed by atoms with Crippen molar-refractivity contribution in [1.82, 2.24) is 24.6 Å². The minimum atomic E-state index is 0.572. The van der Waals surface area contributed by atoms with Gasteiger partial charge < -0.3 is 5.32 Å². The second-order valence-corrected chi connectivity index (χ2v) is 6.27. The summed E-state index contributed by atoms with van der Waals surface area (Å²) in [6, 6.07) is 1.94. The number of imidazole rings is 1. The monoisotopic (exact) mass is 271 g/mol. The van der Waals surface area contributed by atoms with E-state index < -0.39 is 0 Å². The Morgan fingerprint density at radius 2 is 2.15 bits per heavy atom. The molecule has 4 heterocycles. The van der Waals surface area contributed by atoms with Gasteiger partial charge in [0.25, 0.3) is 0 Å². The minimum absolute atomic E-state index is 0.572. The number of hydrogen-bond donors (Lipinski definition) is 1. The molecule has 0 bridgehead atoms. The molecule has 1 spiro atoms. The van der Waals surface area contributed by atoms with Crippen molar-refractivity contribution in [2.45, 2.75) is 25.8 Å². The van der Waals surface area contributed by atoms with Gasteiger partial charge in [0.1, 0.15) is 0 Å². The SMILES string of the molecule is c1cnc2nc(CN3CCC4(CCNCC4)C3)cn2c1. The Labute approximate surface area is 119 Å². The van der Waals surface area contributed by atoms with Crippen LogP contribution in [0.1, 0.15) is 25.0 Å². The lowest BCUT2D eigenvalue weighted by molar-refractivity contribution is 0.193. The standard InChI is InChI=1S/C15H21N5/c1-5-17-14-18-13(11-20(14)8-1)10-19-9-4-15(12-19)2-6-16-7-3-15/h1,5,8,11,16H,2-4,6-7,9-10,12H2. The van der Waals surface area contributed by atoms with Crippen molar-refractivity contribution in [3.8, 4) is 0 Å². The highest BCUT2D eigenvalue weighted by Gasteiger charge is 2.38. The molecule has 2 aliphatic heterocycles. The fourth-order valence-electron chi connectivity index (χ4n) is 3.71. The van der Waals surface area contributed by atoms with E-state index in [2.05, 4.69) is 26.4 Å². The molecule has 0 atom stereocenters. The van der Waals surface area contributed by atoms with Crippen molar-refractivity contribution >= 4 is 5.78 Å². The molecule has 2 saturated heterocycles. The zero-order chi connectivity index (χ0) is 13.4. The maximum absolute atomic E-state index is 4.61. The van der Waals surface area contributed by atoms with Gasteiger partial charge in [-0.1, -0.05) is 0 Å². The molecule has 2 aromatic rings. The third kappa shape index (κ3) is 2.21. The van der Waals surface area contributed by atoms with Gasteiger partial charge >= 0.3 is 0 Å². The first-order valence-electron chi connectivity index (χ1n) is 7.55. The molecule has 2 fully saturated rings. The third-order valence-electron chi connectivity index (χ3n) is 4.85. The van der Waals surface area contributed by atoms with Crippen molar-refractivity contribution in [3.05, 3.63) is 30.4 Å². The maximum Gasteiger partial charge on any atom is 0.233 e. The molecule has 106 valence electrons. The molecule has 5 nitrogen and oxygen atoms in total. The van der Waals surface area contributed by atoms with Crippen LogP contribution in [0.4, 0.5) is 0 Å². The molecule has 0 saturated carbocycles. The molecule has 0 aromatic carbocycles. The highest BCUT2D eigenvalue weighted by Crippen LogP contribution is 2.38. The molecule has 1 N–H and O–H groups in total. The Balaban J connectivity index is 1.47. The Kier molecular flexibility index (Phi) is 2.97. The summed E-state index contributed by atoms with van der Waals surface area (Å²) in [5.41, 5.74) is 1.71. The summed E-state index contributed by atoms with van der Waals surface area (Å²) >= 11 is 0. The van der Waals surface area contributed by atoms with E-state index in [1.54, 1.807) is 6.20 Å². The van der Waals surface area contributed by atoms with Crippen LogP contribution in [0.25, 0.3) is 5.78 Å². The van der Waals surface area contributed by atoms with Gasteiger partial charge in [0.15, 0.2) is 0 Å². The van der Waals surface area contributed by atoms with Crippen molar-refractivity contribution in [2.24, 2.45) is 5.41 Å². The average Bonchev–Trinajstić information content (AvgIpc) is 3.04. The minimum Gasteiger partial charge on any atom is -0.317 e. The fraction of sp³-hybridized carbons (Fsp3) is 0.600. The van der Waals surface area contributed by atoms with Crippen LogP contribution in [0, 0.1) is 5.41 Å². The number of piperidine rings is 1. The van der Waals surface area contributed by atoms with E-state index in [9.17, 15) is 0 Å². The zero-order valence-corrected chi connectivity index (χ0v) is 11.8. The predicted molar refractivity (Wildman–Crippen MR) is 77.4 cm³/mol. The molecule has 2 aliphatic rings. The van der Waals surface area contributed by atoms with Gasteiger partial charge in [-0.15, -0.1) is 0 Å². The van der Waals surface area contributed by atoms with E-state index in [0.717, 1.165) is 18.0 Å². The van der Waals surface area contributed by atoms with E-state index in [1.807, 2.05) is 16.7 Å². The fourth-order valence-corrected chi connectivity index (χ4v) is 3.71. The number of nitrogens with zero attached hydrogens (tertiary/aromatic N) is 4. The van der Waals surface area contributed by atoms with Gasteiger partial charge in [0.2, 0.25) is 5.78 Å². The van der Waals surface area contributed by atoms with E-state index in [1.165, 1.54) is 45.4 Å². The summed E-state index contributed by atoms with van der Waals surface area (Å²) in [5.74, 6) is 0.804. The quantitative estimate of drug-likeness (QED) is 0.894. The van der Waals surface area contributed by atoms with Gasteiger partial charge in [-0.2, -0.15) is 0 Å². The van der Waals surface area contributed by atoms with Crippen LogP contribution in [-0.4, -0.2) is 45.4 Å². The normalized spacial score (nSPS) is 22.8. The lowest BCUT2D eigenvalue weighted by atomic mass is 9.78. The van der Waals surface area contributed by atoms with Crippen LogP contribution in [-0.2, 0) is 6.54 Å². The summed E-state index contributed by atoms with van der Waals surface area (Å²) in [7, 11) is 0. The van der Waals surface area contributed by atoms with Gasteiger partial charge in [0.05, 0.1) is 5.69 Å². The summed E-state index contributed by atoms with van der Waals surface area (Å²) in [6.07, 6.45) is 9.92. The molecule has 5 heteroatoms. The molecule has 20 heavy (non-hydrogen) atoms. The van der Waals surface area contributed by atoms with Crippen molar-refractivity contribution in [2.75, 3.05) is 26.2 Å². The van der Waals surface area contributed by atoms with Crippen LogP contribution < -0.4 is 5.32 Å². The van der Waals surface area contributed by atoms with Gasteiger partial charge in [-0.05, 0) is 50.4 Å². The Hall–Kier alpha value is -1.46. The number of rotatable bonds is 2. The number of likely N-dealkylation sites (tertiary alicyclic amines) is 1. The Morgan fingerprint density at radius 3 is 3.00 bits per heavy atom. The van der Waals surface area contributed by atoms with Crippen LogP contribution >= 0.6 is 0 Å².